The average Bonchev–Trinajstić information content (AvgIpc) is 2.39. The smallest absolute Gasteiger partial charge is 1.00 e. The van der Waals surface area contributed by atoms with E-state index in [-0.39, 0.29) is 40.0 Å². The van der Waals surface area contributed by atoms with E-state index in [0.717, 1.165) is 5.56 Å². The molecule has 3 rings (SSSR count). The van der Waals surface area contributed by atoms with Gasteiger partial charge in [-0.25, -0.2) is 0 Å². The topological polar surface area (TPSA) is 0 Å². The molecule has 0 aliphatic heterocycles. The van der Waals surface area contributed by atoms with Crippen molar-refractivity contribution in [2.45, 2.75) is 0 Å². The van der Waals surface area contributed by atoms with Crippen molar-refractivity contribution in [2.24, 2.45) is 0 Å². The van der Waals surface area contributed by atoms with Crippen LogP contribution in [0.25, 0.3) is 21.9 Å². The molecule has 84 valence electrons. The predicted molar refractivity (Wildman–Crippen MR) is 74.0 cm³/mol. The molecule has 0 heterocycles. The van der Waals surface area contributed by atoms with E-state index in [0.29, 0.717) is 0 Å². The summed E-state index contributed by atoms with van der Waals surface area (Å²) in [6.07, 6.45) is 0. The number of hydrogen-bond donors (Lipinski definition) is 0. The van der Waals surface area contributed by atoms with Crippen molar-refractivity contribution in [3.05, 3.63) is 72.8 Å². The number of rotatable bonds is 1. The van der Waals surface area contributed by atoms with Crippen molar-refractivity contribution in [2.75, 3.05) is 0 Å². The summed E-state index contributed by atoms with van der Waals surface area (Å²) in [7, 11) is 0. The first-order chi connectivity index (χ1) is 7.95. The molecule has 3 aromatic carbocycles. The Balaban J connectivity index is 0.000000810. The van der Waals surface area contributed by atoms with Crippen LogP contribution in [0.3, 0.4) is 0 Å². The maximum atomic E-state index is 3.28. The third-order valence-corrected chi connectivity index (χ3v) is 2.79. The first-order valence-electron chi connectivity index (χ1n) is 5.40. The molecule has 0 radical (unpaired) electrons. The van der Waals surface area contributed by atoms with Crippen LogP contribution in [0.4, 0.5) is 0 Å². The Hall–Kier alpha value is -0.834. The Morgan fingerprint density at radius 3 is 2.22 bits per heavy atom. The number of halogens is 1. The Morgan fingerprint density at radius 1 is 0.722 bits per heavy atom. The fourth-order valence-corrected chi connectivity index (χ4v) is 2.02. The Bertz CT molecular complexity index is 615. The first kappa shape index (κ1) is 15.2. The summed E-state index contributed by atoms with van der Waals surface area (Å²) in [5.74, 6) is 0. The molecule has 0 aromatic heterocycles. The first-order valence-corrected chi connectivity index (χ1v) is 5.40. The summed E-state index contributed by atoms with van der Waals surface area (Å²) in [5, 5.41) is 2.56. The summed E-state index contributed by atoms with van der Waals surface area (Å²) in [5.41, 5.74) is 2.40. The molecule has 18 heavy (non-hydrogen) atoms. The monoisotopic (exact) mass is 306 g/mol. The van der Waals surface area contributed by atoms with Gasteiger partial charge in [-0.1, -0.05) is 53.4 Å². The molecule has 0 fully saturated rings. The molecule has 0 saturated carbocycles. The van der Waals surface area contributed by atoms with E-state index < -0.39 is 0 Å². The van der Waals surface area contributed by atoms with Crippen molar-refractivity contribution >= 4 is 33.8 Å². The van der Waals surface area contributed by atoms with E-state index in [9.17, 15) is 0 Å². The number of benzene rings is 3. The minimum absolute atomic E-state index is 0. The van der Waals surface area contributed by atoms with Gasteiger partial charge in [0.1, 0.15) is 0 Å². The molecule has 0 aliphatic rings. The van der Waals surface area contributed by atoms with Gasteiger partial charge in [-0.15, -0.1) is 35.9 Å². The molecule has 0 unspecified atom stereocenters. The molecule has 0 saturated heterocycles. The third kappa shape index (κ3) is 2.94. The van der Waals surface area contributed by atoms with Gasteiger partial charge >= 0.3 is 23.1 Å². The van der Waals surface area contributed by atoms with E-state index in [2.05, 4.69) is 54.6 Å². The zero-order valence-electron chi connectivity index (χ0n) is 9.94. The number of fused-ring (bicyclic) bond motifs is 1. The number of hydrogen-bond acceptors (Lipinski definition) is 0. The summed E-state index contributed by atoms with van der Waals surface area (Å²) in [4.78, 5) is 0. The molecule has 0 amide bonds. The van der Waals surface area contributed by atoms with Gasteiger partial charge in [0.15, 0.2) is 0 Å². The summed E-state index contributed by atoms with van der Waals surface area (Å²) < 4.78 is 0. The van der Waals surface area contributed by atoms with Gasteiger partial charge in [-0.05, 0) is 5.39 Å². The largest absolute Gasteiger partial charge is 2.00 e. The van der Waals surface area contributed by atoms with Gasteiger partial charge in [0.2, 0.25) is 0 Å². The van der Waals surface area contributed by atoms with Crippen LogP contribution in [0.5, 0.6) is 0 Å². The van der Waals surface area contributed by atoms with Gasteiger partial charge in [-0.2, -0.15) is 0 Å². The van der Waals surface area contributed by atoms with Gasteiger partial charge in [0.05, 0.1) is 0 Å². The van der Waals surface area contributed by atoms with Crippen LogP contribution in [0.1, 0.15) is 0 Å². The molecule has 0 nitrogen and oxygen atoms in total. The van der Waals surface area contributed by atoms with Crippen LogP contribution in [-0.2, 0) is 0 Å². The van der Waals surface area contributed by atoms with Crippen molar-refractivity contribution in [3.8, 4) is 11.1 Å². The van der Waals surface area contributed by atoms with Crippen molar-refractivity contribution < 1.29 is 17.0 Å². The second-order valence-corrected chi connectivity index (χ2v) is 3.80. The maximum absolute atomic E-state index is 3.28. The maximum Gasteiger partial charge on any atom is 2.00 e. The average molecular weight is 307 g/mol. The van der Waals surface area contributed by atoms with Gasteiger partial charge in [0.25, 0.3) is 0 Å². The van der Waals surface area contributed by atoms with Crippen LogP contribution in [0.2, 0.25) is 0 Å². The molecule has 0 atom stereocenters. The Morgan fingerprint density at radius 2 is 1.44 bits per heavy atom. The van der Waals surface area contributed by atoms with Gasteiger partial charge in [0, 0.05) is 0 Å². The zero-order chi connectivity index (χ0) is 10.8. The van der Waals surface area contributed by atoms with Crippen molar-refractivity contribution in [1.82, 2.24) is 0 Å². The fraction of sp³-hybridized carbons (Fsp3) is 0. The standard InChI is InChI=1S/C16H11.BrH.Mg/c1-2-7-13(8-3-1)16-12-6-10-14-9-4-5-11-15(14)16;;/h1-7,9-12H;1H;/q-1;;+2/p-1. The molecular weight excluding hydrogens is 296 g/mol. The molecule has 0 N–H and O–H groups in total. The normalized spacial score (nSPS) is 9.33. The minimum atomic E-state index is 0. The van der Waals surface area contributed by atoms with Crippen LogP contribution >= 0.6 is 0 Å². The van der Waals surface area contributed by atoms with Crippen LogP contribution in [-0.4, -0.2) is 23.1 Å². The minimum Gasteiger partial charge on any atom is -1.00 e. The zero-order valence-corrected chi connectivity index (χ0v) is 12.9. The van der Waals surface area contributed by atoms with Crippen LogP contribution in [0, 0.1) is 6.07 Å². The van der Waals surface area contributed by atoms with Crippen molar-refractivity contribution in [1.29, 1.82) is 0 Å². The molecule has 0 aliphatic carbocycles. The summed E-state index contributed by atoms with van der Waals surface area (Å²) >= 11 is 0. The predicted octanol–water partition coefficient (Wildman–Crippen LogP) is 0.930. The van der Waals surface area contributed by atoms with Crippen molar-refractivity contribution in [3.63, 3.8) is 0 Å². The summed E-state index contributed by atoms with van der Waals surface area (Å²) in [6.45, 7) is 0. The Kier molecular flexibility index (Phi) is 5.86. The molecule has 2 heteroatoms. The fourth-order valence-electron chi connectivity index (χ4n) is 2.02. The SMILES string of the molecule is [Br-].[Mg+2].[c-]1ccccc1-c1cccc2ccccc12. The second kappa shape index (κ2) is 6.93. The van der Waals surface area contributed by atoms with Gasteiger partial charge in [-0.3, -0.25) is 0 Å². The van der Waals surface area contributed by atoms with E-state index in [1.165, 1.54) is 16.3 Å². The van der Waals surface area contributed by atoms with E-state index >= 15 is 0 Å². The van der Waals surface area contributed by atoms with E-state index in [1.807, 2.05) is 18.2 Å². The third-order valence-electron chi connectivity index (χ3n) is 2.79. The quantitative estimate of drug-likeness (QED) is 0.463. The van der Waals surface area contributed by atoms with E-state index in [4.69, 9.17) is 0 Å². The Labute approximate surface area is 134 Å². The van der Waals surface area contributed by atoms with Crippen LogP contribution in [0.15, 0.2) is 66.7 Å². The molecule has 0 spiro atoms. The molecular formula is C16H11BrMg. The van der Waals surface area contributed by atoms with E-state index in [1.54, 1.807) is 0 Å². The molecule has 3 aromatic rings. The summed E-state index contributed by atoms with van der Waals surface area (Å²) in [6, 6.07) is 26.2. The second-order valence-electron chi connectivity index (χ2n) is 3.80. The van der Waals surface area contributed by atoms with Gasteiger partial charge < -0.3 is 17.0 Å². The molecule has 0 bridgehead atoms. The van der Waals surface area contributed by atoms with Crippen LogP contribution < -0.4 is 17.0 Å².